The van der Waals surface area contributed by atoms with Gasteiger partial charge in [-0.05, 0) is 103 Å². The summed E-state index contributed by atoms with van der Waals surface area (Å²) in [6.45, 7) is 18.5. The van der Waals surface area contributed by atoms with E-state index in [2.05, 4.69) is 41.0 Å². The highest BCUT2D eigenvalue weighted by Gasteiger charge is 2.38. The molecule has 9 heteroatoms. The van der Waals surface area contributed by atoms with Gasteiger partial charge in [0.05, 0.1) is 17.8 Å². The van der Waals surface area contributed by atoms with E-state index >= 15 is 0 Å². The molecule has 240 valence electrons. The highest BCUT2D eigenvalue weighted by Crippen LogP contribution is 2.37. The first-order valence-corrected chi connectivity index (χ1v) is 16.3. The molecule has 1 aromatic heterocycles. The lowest BCUT2D eigenvalue weighted by Gasteiger charge is -2.44. The number of anilines is 1. The van der Waals surface area contributed by atoms with Gasteiger partial charge in [-0.1, -0.05) is 25.1 Å². The molecule has 2 aromatic rings. The van der Waals surface area contributed by atoms with Crippen molar-refractivity contribution in [3.05, 3.63) is 58.9 Å². The van der Waals surface area contributed by atoms with Crippen LogP contribution in [0.3, 0.4) is 0 Å². The van der Waals surface area contributed by atoms with Crippen LogP contribution in [0.4, 0.5) is 15.3 Å². The van der Waals surface area contributed by atoms with Gasteiger partial charge in [-0.15, -0.1) is 0 Å². The molecule has 0 saturated carbocycles. The minimum absolute atomic E-state index is 0.0457. The molecule has 0 N–H and O–H groups in total. The van der Waals surface area contributed by atoms with Crippen LogP contribution in [0, 0.1) is 0 Å². The predicted molar refractivity (Wildman–Crippen MR) is 173 cm³/mol. The number of ether oxygens (including phenoxy) is 2. The zero-order chi connectivity index (χ0) is 31.6. The lowest BCUT2D eigenvalue weighted by atomic mass is 9.88. The number of aromatic nitrogens is 1. The summed E-state index contributed by atoms with van der Waals surface area (Å²) < 4.78 is 11.6. The molecule has 3 aliphatic rings. The van der Waals surface area contributed by atoms with Crippen molar-refractivity contribution in [3.8, 4) is 0 Å². The predicted octanol–water partition coefficient (Wildman–Crippen LogP) is 6.20. The van der Waals surface area contributed by atoms with Gasteiger partial charge in [0, 0.05) is 51.2 Å². The summed E-state index contributed by atoms with van der Waals surface area (Å²) in [6, 6.07) is 10.9. The van der Waals surface area contributed by atoms with Gasteiger partial charge in [0.25, 0.3) is 0 Å². The highest BCUT2D eigenvalue weighted by atomic mass is 16.6. The van der Waals surface area contributed by atoms with Crippen molar-refractivity contribution in [2.75, 3.05) is 44.2 Å². The third-order valence-electron chi connectivity index (χ3n) is 8.83. The largest absolute Gasteiger partial charge is 0.444 e. The second-order valence-electron chi connectivity index (χ2n) is 14.4. The molecular formula is C35H51N5O4. The van der Waals surface area contributed by atoms with E-state index in [0.29, 0.717) is 19.6 Å². The Morgan fingerprint density at radius 1 is 0.932 bits per heavy atom. The summed E-state index contributed by atoms with van der Waals surface area (Å²) in [5.41, 5.74) is 5.09. The van der Waals surface area contributed by atoms with E-state index in [1.165, 1.54) is 22.5 Å². The Bertz CT molecular complexity index is 1330. The van der Waals surface area contributed by atoms with Crippen molar-refractivity contribution in [1.29, 1.82) is 0 Å². The monoisotopic (exact) mass is 605 g/mol. The number of hydrogen-bond acceptors (Lipinski definition) is 7. The van der Waals surface area contributed by atoms with Crippen molar-refractivity contribution in [3.63, 3.8) is 0 Å². The maximum absolute atomic E-state index is 13.7. The minimum Gasteiger partial charge on any atom is -0.444 e. The number of nitrogens with zero attached hydrogens (tertiary/aromatic N) is 5. The average molecular weight is 606 g/mol. The van der Waals surface area contributed by atoms with E-state index in [1.54, 1.807) is 4.90 Å². The molecule has 1 aromatic carbocycles. The Balaban J connectivity index is 1.39. The zero-order valence-electron chi connectivity index (χ0n) is 27.8. The van der Waals surface area contributed by atoms with Gasteiger partial charge >= 0.3 is 12.2 Å². The Hall–Kier alpha value is -3.33. The number of benzene rings is 1. The Labute approximate surface area is 263 Å². The Morgan fingerprint density at radius 3 is 2.30 bits per heavy atom. The van der Waals surface area contributed by atoms with Crippen molar-refractivity contribution in [1.82, 2.24) is 19.7 Å². The van der Waals surface area contributed by atoms with Gasteiger partial charge in [-0.2, -0.15) is 0 Å². The maximum atomic E-state index is 13.7. The van der Waals surface area contributed by atoms with Crippen LogP contribution in [0.25, 0.3) is 0 Å². The number of amides is 2. The van der Waals surface area contributed by atoms with E-state index < -0.39 is 11.2 Å². The van der Waals surface area contributed by atoms with Crippen LogP contribution in [0.5, 0.6) is 0 Å². The van der Waals surface area contributed by atoms with E-state index in [1.807, 2.05) is 58.7 Å². The van der Waals surface area contributed by atoms with E-state index in [9.17, 15) is 9.59 Å². The number of likely N-dealkylation sites (N-methyl/N-ethyl adjacent to an activating group) is 1. The number of fused-ring (bicyclic) bond motifs is 2. The van der Waals surface area contributed by atoms with Gasteiger partial charge in [0.15, 0.2) is 0 Å². The summed E-state index contributed by atoms with van der Waals surface area (Å²) in [7, 11) is 0. The van der Waals surface area contributed by atoms with Gasteiger partial charge in [0.1, 0.15) is 11.2 Å². The standard InChI is InChI=1S/C35H51N5O4/c1-8-37(30-16-9-12-25-14-11-17-36-31(25)30)24-27-22-28-26(23-40(27)33(42)44-35(5,6)7)13-10-15-29(28)38-18-20-39(21-19-38)32(41)43-34(2,3)4/h10-11,13-15,17,27,30H,8-9,12,16,18-24H2,1-7H3/t27?,30-/m0/s1. The Morgan fingerprint density at radius 2 is 1.61 bits per heavy atom. The van der Waals surface area contributed by atoms with Gasteiger partial charge in [-0.25, -0.2) is 9.59 Å². The second kappa shape index (κ2) is 13.0. The van der Waals surface area contributed by atoms with Crippen molar-refractivity contribution in [2.24, 2.45) is 0 Å². The normalized spacial score (nSPS) is 20.7. The van der Waals surface area contributed by atoms with Crippen LogP contribution >= 0.6 is 0 Å². The van der Waals surface area contributed by atoms with Gasteiger partial charge < -0.3 is 19.3 Å². The van der Waals surface area contributed by atoms with Crippen molar-refractivity contribution < 1.29 is 19.1 Å². The van der Waals surface area contributed by atoms with Gasteiger partial charge in [-0.3, -0.25) is 14.8 Å². The smallest absolute Gasteiger partial charge is 0.410 e. The lowest BCUT2D eigenvalue weighted by Crippen LogP contribution is -2.53. The molecule has 3 heterocycles. The molecule has 0 bridgehead atoms. The first-order chi connectivity index (χ1) is 20.8. The number of carbonyl (C=O) groups excluding carboxylic acids is 2. The number of piperazine rings is 1. The molecule has 2 atom stereocenters. The molecule has 44 heavy (non-hydrogen) atoms. The second-order valence-corrected chi connectivity index (χ2v) is 14.4. The molecule has 2 amide bonds. The molecule has 1 saturated heterocycles. The van der Waals surface area contributed by atoms with Gasteiger partial charge in [0.2, 0.25) is 0 Å². The van der Waals surface area contributed by atoms with Crippen LogP contribution < -0.4 is 4.90 Å². The molecule has 9 nitrogen and oxygen atoms in total. The number of rotatable bonds is 5. The first-order valence-electron chi connectivity index (χ1n) is 16.3. The molecule has 0 spiro atoms. The van der Waals surface area contributed by atoms with Crippen LogP contribution in [0.1, 0.15) is 89.7 Å². The van der Waals surface area contributed by atoms with Crippen LogP contribution in [-0.2, 0) is 28.9 Å². The average Bonchev–Trinajstić information content (AvgIpc) is 2.97. The first kappa shape index (κ1) is 32.1. The SMILES string of the molecule is CCN(CC1Cc2c(cccc2N2CCN(C(=O)OC(C)(C)C)CC2)CN1C(=O)OC(C)(C)C)[C@H]1CCCc2cccnc21. The molecule has 1 fully saturated rings. The number of carbonyl (C=O) groups is 2. The quantitative estimate of drug-likeness (QED) is 0.402. The zero-order valence-corrected chi connectivity index (χ0v) is 27.8. The third kappa shape index (κ3) is 7.48. The Kier molecular flexibility index (Phi) is 9.44. The summed E-state index contributed by atoms with van der Waals surface area (Å²) in [4.78, 5) is 39.9. The number of aryl methyl sites for hydroxylation is 1. The van der Waals surface area contributed by atoms with Crippen molar-refractivity contribution >= 4 is 17.9 Å². The fourth-order valence-electron chi connectivity index (χ4n) is 6.80. The van der Waals surface area contributed by atoms with E-state index in [4.69, 9.17) is 14.5 Å². The summed E-state index contributed by atoms with van der Waals surface area (Å²) in [6.07, 6.45) is 5.42. The van der Waals surface area contributed by atoms with E-state index in [-0.39, 0.29) is 24.3 Å². The van der Waals surface area contributed by atoms with Crippen LogP contribution in [0.2, 0.25) is 0 Å². The highest BCUT2D eigenvalue weighted by molar-refractivity contribution is 5.71. The van der Waals surface area contributed by atoms with E-state index in [0.717, 1.165) is 57.4 Å². The molecule has 0 radical (unpaired) electrons. The maximum Gasteiger partial charge on any atom is 0.410 e. The third-order valence-corrected chi connectivity index (χ3v) is 8.83. The molecular weight excluding hydrogens is 554 g/mol. The van der Waals surface area contributed by atoms with Crippen LogP contribution in [-0.4, -0.2) is 88.4 Å². The fraction of sp³-hybridized carbons (Fsp3) is 0.629. The molecule has 1 aliphatic carbocycles. The molecule has 5 rings (SSSR count). The lowest BCUT2D eigenvalue weighted by molar-refractivity contribution is 0.00503. The minimum atomic E-state index is -0.575. The summed E-state index contributed by atoms with van der Waals surface area (Å²) >= 11 is 0. The molecule has 1 unspecified atom stereocenters. The number of pyridine rings is 1. The summed E-state index contributed by atoms with van der Waals surface area (Å²) in [5.74, 6) is 0. The summed E-state index contributed by atoms with van der Waals surface area (Å²) in [5, 5.41) is 0. The fourth-order valence-corrected chi connectivity index (χ4v) is 6.80. The molecule has 2 aliphatic heterocycles. The van der Waals surface area contributed by atoms with Crippen molar-refractivity contribution in [2.45, 2.75) is 104 Å². The number of hydrogen-bond donors (Lipinski definition) is 0. The topological polar surface area (TPSA) is 78.5 Å². The van der Waals surface area contributed by atoms with Crippen LogP contribution in [0.15, 0.2) is 36.5 Å².